The molecule has 0 unspecified atom stereocenters. The highest BCUT2D eigenvalue weighted by Crippen LogP contribution is 2.24. The predicted molar refractivity (Wildman–Crippen MR) is 45.6 cm³/mol. The number of nitrogens with zero attached hydrogens (tertiary/aromatic N) is 2. The van der Waals surface area contributed by atoms with Gasteiger partial charge in [-0.2, -0.15) is 0 Å². The quantitative estimate of drug-likeness (QED) is 0.716. The Balaban J connectivity index is 2.25. The maximum Gasteiger partial charge on any atom is 0.341 e. The molecule has 0 bridgehead atoms. The van der Waals surface area contributed by atoms with Gasteiger partial charge in [0.15, 0.2) is 0 Å². The summed E-state index contributed by atoms with van der Waals surface area (Å²) in [6.45, 7) is 0. The Morgan fingerprint density at radius 3 is 3.00 bits per heavy atom. The smallest absolute Gasteiger partial charge is 0.341 e. The van der Waals surface area contributed by atoms with Gasteiger partial charge in [0.1, 0.15) is 17.7 Å². The molecule has 0 aromatic carbocycles. The lowest BCUT2D eigenvalue weighted by atomic mass is 10.3. The topological polar surface area (TPSA) is 75.1 Å². The number of carboxylic acids is 1. The van der Waals surface area contributed by atoms with Gasteiger partial charge in [0.25, 0.3) is 0 Å². The van der Waals surface area contributed by atoms with Crippen molar-refractivity contribution in [2.24, 2.45) is 0 Å². The Morgan fingerprint density at radius 1 is 1.62 bits per heavy atom. The summed E-state index contributed by atoms with van der Waals surface area (Å²) in [5.41, 5.74) is 0.134. The molecule has 1 aliphatic carbocycles. The van der Waals surface area contributed by atoms with Gasteiger partial charge in [0.05, 0.1) is 0 Å². The van der Waals surface area contributed by atoms with Crippen LogP contribution in [0.3, 0.4) is 0 Å². The molecule has 0 atom stereocenters. The Bertz CT molecular complexity index is 336. The lowest BCUT2D eigenvalue weighted by Gasteiger charge is -2.04. The zero-order chi connectivity index (χ0) is 9.26. The number of hydrogen-bond donors (Lipinski definition) is 2. The van der Waals surface area contributed by atoms with Crippen LogP contribution in [0.4, 0.5) is 5.82 Å². The van der Waals surface area contributed by atoms with Crippen molar-refractivity contribution >= 4 is 11.8 Å². The first-order chi connectivity index (χ1) is 6.27. The van der Waals surface area contributed by atoms with Crippen LogP contribution >= 0.6 is 0 Å². The minimum Gasteiger partial charge on any atom is -0.477 e. The van der Waals surface area contributed by atoms with Gasteiger partial charge in [-0.25, -0.2) is 14.8 Å². The highest BCUT2D eigenvalue weighted by Gasteiger charge is 2.23. The van der Waals surface area contributed by atoms with Crippen LogP contribution in [-0.2, 0) is 0 Å². The van der Waals surface area contributed by atoms with Crippen molar-refractivity contribution in [2.75, 3.05) is 5.32 Å². The SMILES string of the molecule is O=C(O)c1cncnc1NC1CC1. The van der Waals surface area contributed by atoms with Crippen LogP contribution in [0.15, 0.2) is 12.5 Å². The summed E-state index contributed by atoms with van der Waals surface area (Å²) in [5.74, 6) is -0.575. The molecule has 5 heteroatoms. The molecule has 1 aliphatic rings. The molecule has 1 saturated carbocycles. The molecule has 1 heterocycles. The molecule has 13 heavy (non-hydrogen) atoms. The van der Waals surface area contributed by atoms with Crippen LogP contribution < -0.4 is 5.32 Å². The zero-order valence-electron chi connectivity index (χ0n) is 6.90. The van der Waals surface area contributed by atoms with Crippen LogP contribution in [-0.4, -0.2) is 27.1 Å². The maximum absolute atomic E-state index is 10.7. The summed E-state index contributed by atoms with van der Waals surface area (Å²) < 4.78 is 0. The van der Waals surface area contributed by atoms with Gasteiger partial charge in [0.2, 0.25) is 0 Å². The van der Waals surface area contributed by atoms with Crippen molar-refractivity contribution in [3.05, 3.63) is 18.1 Å². The van der Waals surface area contributed by atoms with Gasteiger partial charge in [-0.3, -0.25) is 0 Å². The summed E-state index contributed by atoms with van der Waals surface area (Å²) in [6.07, 6.45) is 4.82. The van der Waals surface area contributed by atoms with Crippen molar-refractivity contribution in [2.45, 2.75) is 18.9 Å². The highest BCUT2D eigenvalue weighted by atomic mass is 16.4. The second-order valence-electron chi connectivity index (χ2n) is 3.01. The summed E-state index contributed by atoms with van der Waals surface area (Å²) >= 11 is 0. The molecular weight excluding hydrogens is 170 g/mol. The third-order valence-corrected chi connectivity index (χ3v) is 1.86. The third-order valence-electron chi connectivity index (χ3n) is 1.86. The van der Waals surface area contributed by atoms with E-state index in [1.165, 1.54) is 12.5 Å². The van der Waals surface area contributed by atoms with E-state index in [0.29, 0.717) is 11.9 Å². The largest absolute Gasteiger partial charge is 0.477 e. The number of carbonyl (C=O) groups is 1. The fourth-order valence-electron chi connectivity index (χ4n) is 1.02. The van der Waals surface area contributed by atoms with Gasteiger partial charge in [-0.15, -0.1) is 0 Å². The monoisotopic (exact) mass is 179 g/mol. The minimum atomic E-state index is -0.997. The molecule has 68 valence electrons. The number of aromatic nitrogens is 2. The molecule has 2 rings (SSSR count). The van der Waals surface area contributed by atoms with Gasteiger partial charge < -0.3 is 10.4 Å². The first-order valence-electron chi connectivity index (χ1n) is 4.07. The number of carboxylic acid groups (broad SMARTS) is 1. The van der Waals surface area contributed by atoms with E-state index in [9.17, 15) is 4.79 Å². The lowest BCUT2D eigenvalue weighted by Crippen LogP contribution is -2.10. The Kier molecular flexibility index (Phi) is 1.84. The van der Waals surface area contributed by atoms with Crippen molar-refractivity contribution in [3.8, 4) is 0 Å². The fraction of sp³-hybridized carbons (Fsp3) is 0.375. The third kappa shape index (κ3) is 1.74. The van der Waals surface area contributed by atoms with E-state index in [-0.39, 0.29) is 5.56 Å². The average Bonchev–Trinajstić information content (AvgIpc) is 2.89. The molecule has 0 saturated heterocycles. The number of aromatic carboxylic acids is 1. The van der Waals surface area contributed by atoms with Crippen molar-refractivity contribution in [1.29, 1.82) is 0 Å². The van der Waals surface area contributed by atoms with E-state index in [1.807, 2.05) is 0 Å². The van der Waals surface area contributed by atoms with Crippen LogP contribution in [0.25, 0.3) is 0 Å². The second-order valence-corrected chi connectivity index (χ2v) is 3.01. The Hall–Kier alpha value is -1.65. The second kappa shape index (κ2) is 3.01. The molecule has 0 radical (unpaired) electrons. The van der Waals surface area contributed by atoms with Crippen molar-refractivity contribution < 1.29 is 9.90 Å². The van der Waals surface area contributed by atoms with Gasteiger partial charge in [-0.1, -0.05) is 0 Å². The first-order valence-corrected chi connectivity index (χ1v) is 4.07. The van der Waals surface area contributed by atoms with Crippen LogP contribution in [0.1, 0.15) is 23.2 Å². The van der Waals surface area contributed by atoms with E-state index < -0.39 is 5.97 Å². The van der Waals surface area contributed by atoms with Gasteiger partial charge in [0, 0.05) is 12.2 Å². The Labute approximate surface area is 74.8 Å². The average molecular weight is 179 g/mol. The number of nitrogens with one attached hydrogen (secondary N) is 1. The van der Waals surface area contributed by atoms with E-state index >= 15 is 0 Å². The standard InChI is InChI=1S/C8H9N3O2/c12-8(13)6-3-9-4-10-7(6)11-5-1-2-5/h3-5H,1-2H2,(H,12,13)(H,9,10,11). The van der Waals surface area contributed by atoms with Crippen molar-refractivity contribution in [3.63, 3.8) is 0 Å². The van der Waals surface area contributed by atoms with E-state index in [2.05, 4.69) is 15.3 Å². The molecule has 5 nitrogen and oxygen atoms in total. The fourth-order valence-corrected chi connectivity index (χ4v) is 1.02. The number of anilines is 1. The molecule has 2 N–H and O–H groups in total. The highest BCUT2D eigenvalue weighted by molar-refractivity contribution is 5.92. The number of rotatable bonds is 3. The molecule has 1 aromatic rings. The van der Waals surface area contributed by atoms with E-state index in [4.69, 9.17) is 5.11 Å². The lowest BCUT2D eigenvalue weighted by molar-refractivity contribution is 0.0697. The molecule has 1 aromatic heterocycles. The van der Waals surface area contributed by atoms with Crippen molar-refractivity contribution in [1.82, 2.24) is 9.97 Å². The molecule has 0 spiro atoms. The minimum absolute atomic E-state index is 0.134. The summed E-state index contributed by atoms with van der Waals surface area (Å²) in [6, 6.07) is 0.396. The molecular formula is C8H9N3O2. The molecule has 0 amide bonds. The Morgan fingerprint density at radius 2 is 2.38 bits per heavy atom. The first kappa shape index (κ1) is 7.97. The maximum atomic E-state index is 10.7. The summed E-state index contributed by atoms with van der Waals surface area (Å²) in [7, 11) is 0. The van der Waals surface area contributed by atoms with E-state index in [1.54, 1.807) is 0 Å². The predicted octanol–water partition coefficient (Wildman–Crippen LogP) is 0.749. The zero-order valence-corrected chi connectivity index (χ0v) is 6.90. The van der Waals surface area contributed by atoms with Crippen LogP contribution in [0.5, 0.6) is 0 Å². The number of hydrogen-bond acceptors (Lipinski definition) is 4. The van der Waals surface area contributed by atoms with Gasteiger partial charge >= 0.3 is 5.97 Å². The van der Waals surface area contributed by atoms with Crippen LogP contribution in [0.2, 0.25) is 0 Å². The van der Waals surface area contributed by atoms with E-state index in [0.717, 1.165) is 12.8 Å². The summed E-state index contributed by atoms with van der Waals surface area (Å²) in [5, 5.41) is 11.8. The molecule has 0 aliphatic heterocycles. The summed E-state index contributed by atoms with van der Waals surface area (Å²) in [4.78, 5) is 18.2. The van der Waals surface area contributed by atoms with Crippen LogP contribution in [0, 0.1) is 0 Å². The molecule has 1 fully saturated rings. The van der Waals surface area contributed by atoms with Gasteiger partial charge in [-0.05, 0) is 12.8 Å². The normalized spacial score (nSPS) is 15.4.